The molecule has 0 N–H and O–H groups in total. The normalized spacial score (nSPS) is 11.5. The third-order valence-electron chi connectivity index (χ3n) is 13.0. The lowest BCUT2D eigenvalue weighted by atomic mass is 9.98. The Bertz CT molecular complexity index is 3950. The van der Waals surface area contributed by atoms with Gasteiger partial charge in [0.15, 0.2) is 11.6 Å². The van der Waals surface area contributed by atoms with Crippen LogP contribution in [0.2, 0.25) is 0 Å². The molecule has 0 saturated carbocycles. The summed E-state index contributed by atoms with van der Waals surface area (Å²) >= 11 is 0. The first-order valence-corrected chi connectivity index (χ1v) is 22.9. The molecule has 318 valence electrons. The van der Waals surface area contributed by atoms with Gasteiger partial charge in [0.1, 0.15) is 0 Å². The summed E-state index contributed by atoms with van der Waals surface area (Å²) in [6.45, 7) is 0. The second kappa shape index (κ2) is 16.3. The van der Waals surface area contributed by atoms with Crippen LogP contribution >= 0.6 is 0 Å². The average molecular weight is 869 g/mol. The number of benzene rings is 9. The van der Waals surface area contributed by atoms with Crippen molar-refractivity contribution >= 4 is 43.6 Å². The molecule has 0 aliphatic rings. The molecule has 0 aliphatic carbocycles. The molecule has 0 amide bonds. The lowest BCUT2D eigenvalue weighted by Crippen LogP contribution is -2.06. The Morgan fingerprint density at radius 2 is 0.721 bits per heavy atom. The molecule has 0 bridgehead atoms. The van der Waals surface area contributed by atoms with Gasteiger partial charge in [0.05, 0.1) is 39.1 Å². The fourth-order valence-electron chi connectivity index (χ4n) is 9.88. The second-order valence-electron chi connectivity index (χ2n) is 17.0. The van der Waals surface area contributed by atoms with Gasteiger partial charge in [-0.25, -0.2) is 9.97 Å². The lowest BCUT2D eigenvalue weighted by Gasteiger charge is -2.16. The second-order valence-corrected chi connectivity index (χ2v) is 17.0. The van der Waals surface area contributed by atoms with Gasteiger partial charge in [-0.1, -0.05) is 194 Å². The minimum atomic E-state index is 0.555. The third-order valence-corrected chi connectivity index (χ3v) is 13.0. The van der Waals surface area contributed by atoms with Crippen LogP contribution < -0.4 is 0 Å². The zero-order chi connectivity index (χ0) is 45.0. The average Bonchev–Trinajstić information content (AvgIpc) is 3.94. The Labute approximate surface area is 392 Å². The fraction of sp³-hybridized carbons (Fsp3) is 0. The standard InChI is InChI=1S/C62H40N6/c1-5-20-41(21-6-1)45-28-19-29-46(38-45)61-64-60(44-26-11-4-12-27-44)65-62(66-61)68-55-35-18-15-32-50(55)59-57(68)37-36-56-58(59)49-31-14-17-34-54(49)67(56)53-33-16-13-30-48(53)47-39-51(42-22-7-2-8-23-42)63-52(40-47)43-24-9-3-10-25-43/h1-40H. The van der Waals surface area contributed by atoms with E-state index in [-0.39, 0.29) is 0 Å². The zero-order valence-electron chi connectivity index (χ0n) is 36.8. The van der Waals surface area contributed by atoms with Crippen molar-refractivity contribution < 1.29 is 0 Å². The summed E-state index contributed by atoms with van der Waals surface area (Å²) < 4.78 is 4.65. The van der Waals surface area contributed by atoms with Gasteiger partial charge in [-0.2, -0.15) is 9.97 Å². The van der Waals surface area contributed by atoms with Crippen LogP contribution in [0, 0.1) is 0 Å². The van der Waals surface area contributed by atoms with Gasteiger partial charge in [-0.15, -0.1) is 0 Å². The Hall–Kier alpha value is -9.26. The number of aromatic nitrogens is 6. The van der Waals surface area contributed by atoms with Gasteiger partial charge >= 0.3 is 0 Å². The van der Waals surface area contributed by atoms with Crippen LogP contribution in [0.5, 0.6) is 0 Å². The van der Waals surface area contributed by atoms with Crippen molar-refractivity contribution in [3.8, 4) is 79.2 Å². The van der Waals surface area contributed by atoms with Crippen molar-refractivity contribution in [2.24, 2.45) is 0 Å². The fourth-order valence-corrected chi connectivity index (χ4v) is 9.88. The summed E-state index contributed by atoms with van der Waals surface area (Å²) in [5.74, 6) is 1.77. The molecule has 0 radical (unpaired) electrons. The summed E-state index contributed by atoms with van der Waals surface area (Å²) in [5, 5.41) is 4.59. The highest BCUT2D eigenvalue weighted by atomic mass is 15.2. The highest BCUT2D eigenvalue weighted by Gasteiger charge is 2.24. The molecule has 4 aromatic heterocycles. The van der Waals surface area contributed by atoms with Gasteiger partial charge < -0.3 is 4.57 Å². The van der Waals surface area contributed by atoms with E-state index in [4.69, 9.17) is 19.9 Å². The first kappa shape index (κ1) is 39.1. The van der Waals surface area contributed by atoms with Crippen molar-refractivity contribution in [1.82, 2.24) is 29.1 Å². The van der Waals surface area contributed by atoms with Crippen molar-refractivity contribution in [1.29, 1.82) is 0 Å². The summed E-state index contributed by atoms with van der Waals surface area (Å²) in [4.78, 5) is 21.0. The van der Waals surface area contributed by atoms with Crippen molar-refractivity contribution in [3.63, 3.8) is 0 Å². The molecule has 0 unspecified atom stereocenters. The molecule has 0 atom stereocenters. The molecule has 13 aromatic rings. The molecule has 6 nitrogen and oxygen atoms in total. The van der Waals surface area contributed by atoms with Gasteiger partial charge in [0.2, 0.25) is 5.95 Å². The molecule has 0 saturated heterocycles. The van der Waals surface area contributed by atoms with E-state index in [0.717, 1.165) is 99.8 Å². The number of nitrogens with zero attached hydrogens (tertiary/aromatic N) is 6. The van der Waals surface area contributed by atoms with E-state index in [9.17, 15) is 0 Å². The molecule has 13 rings (SSSR count). The van der Waals surface area contributed by atoms with Crippen LogP contribution in [-0.4, -0.2) is 29.1 Å². The number of rotatable bonds is 8. The van der Waals surface area contributed by atoms with Crippen LogP contribution in [0.3, 0.4) is 0 Å². The zero-order valence-corrected chi connectivity index (χ0v) is 36.8. The molecule has 6 heteroatoms. The smallest absolute Gasteiger partial charge is 0.238 e. The Balaban J connectivity index is 1.05. The summed E-state index contributed by atoms with van der Waals surface area (Å²) in [6.07, 6.45) is 0. The predicted molar refractivity (Wildman–Crippen MR) is 279 cm³/mol. The lowest BCUT2D eigenvalue weighted by molar-refractivity contribution is 0.953. The third kappa shape index (κ3) is 6.66. The highest BCUT2D eigenvalue weighted by Crippen LogP contribution is 2.44. The van der Waals surface area contributed by atoms with Crippen LogP contribution in [0.4, 0.5) is 0 Å². The van der Waals surface area contributed by atoms with E-state index in [1.54, 1.807) is 0 Å². The molecule has 4 heterocycles. The monoisotopic (exact) mass is 868 g/mol. The maximum absolute atomic E-state index is 5.34. The van der Waals surface area contributed by atoms with E-state index in [0.29, 0.717) is 17.6 Å². The largest absolute Gasteiger partial charge is 0.309 e. The number of fused-ring (bicyclic) bond motifs is 7. The van der Waals surface area contributed by atoms with Gasteiger partial charge in [0, 0.05) is 49.4 Å². The van der Waals surface area contributed by atoms with Crippen LogP contribution in [0.1, 0.15) is 0 Å². The highest BCUT2D eigenvalue weighted by molar-refractivity contribution is 6.29. The molecule has 0 fully saturated rings. The maximum atomic E-state index is 5.34. The molecule has 0 aliphatic heterocycles. The van der Waals surface area contributed by atoms with Gasteiger partial charge in [-0.3, -0.25) is 4.57 Å². The quantitative estimate of drug-likeness (QED) is 0.153. The van der Waals surface area contributed by atoms with Crippen LogP contribution in [0.25, 0.3) is 123 Å². The Morgan fingerprint density at radius 3 is 1.34 bits per heavy atom. The summed E-state index contributed by atoms with van der Waals surface area (Å²) in [6, 6.07) is 85.1. The number of pyridine rings is 1. The SMILES string of the molecule is c1ccc(-c2cccc(-c3nc(-c4ccccc4)nc(-n4c5ccccc5c5c6c7ccccc7n(-c7ccccc7-c7cc(-c8ccccc8)nc(-c8ccccc8)c7)c6ccc54)n3)c2)cc1. The van der Waals surface area contributed by atoms with Crippen LogP contribution in [0.15, 0.2) is 243 Å². The van der Waals surface area contributed by atoms with E-state index in [2.05, 4.69) is 215 Å². The first-order chi connectivity index (χ1) is 33.7. The topological polar surface area (TPSA) is 61.4 Å². The van der Waals surface area contributed by atoms with Gasteiger partial charge in [-0.05, 0) is 65.2 Å². The van der Waals surface area contributed by atoms with Crippen molar-refractivity contribution in [2.75, 3.05) is 0 Å². The molecule has 0 spiro atoms. The molecular weight excluding hydrogens is 829 g/mol. The summed E-state index contributed by atoms with van der Waals surface area (Å²) in [7, 11) is 0. The number of hydrogen-bond donors (Lipinski definition) is 0. The van der Waals surface area contributed by atoms with E-state index in [1.165, 1.54) is 5.39 Å². The number of hydrogen-bond acceptors (Lipinski definition) is 4. The Kier molecular flexibility index (Phi) is 9.39. The van der Waals surface area contributed by atoms with E-state index >= 15 is 0 Å². The van der Waals surface area contributed by atoms with Gasteiger partial charge in [0.25, 0.3) is 0 Å². The summed E-state index contributed by atoms with van der Waals surface area (Å²) in [5.41, 5.74) is 15.6. The maximum Gasteiger partial charge on any atom is 0.238 e. The van der Waals surface area contributed by atoms with Crippen LogP contribution in [-0.2, 0) is 0 Å². The first-order valence-electron chi connectivity index (χ1n) is 22.9. The van der Waals surface area contributed by atoms with Crippen molar-refractivity contribution in [3.05, 3.63) is 243 Å². The molecular formula is C62H40N6. The van der Waals surface area contributed by atoms with Crippen molar-refractivity contribution in [2.45, 2.75) is 0 Å². The van der Waals surface area contributed by atoms with E-state index in [1.807, 2.05) is 36.4 Å². The van der Waals surface area contributed by atoms with E-state index < -0.39 is 0 Å². The molecule has 9 aromatic carbocycles. The number of para-hydroxylation sites is 3. The predicted octanol–water partition coefficient (Wildman–Crippen LogP) is 15.5. The molecule has 68 heavy (non-hydrogen) atoms. The minimum Gasteiger partial charge on any atom is -0.309 e. The Morgan fingerprint density at radius 1 is 0.265 bits per heavy atom. The minimum absolute atomic E-state index is 0.555.